The lowest BCUT2D eigenvalue weighted by molar-refractivity contribution is -0.122. The molecule has 0 aromatic carbocycles. The van der Waals surface area contributed by atoms with Crippen molar-refractivity contribution >= 4 is 11.7 Å². The topological polar surface area (TPSA) is 86.6 Å². The number of Topliss-reactive ketones (excluding diaryl/α,β-unsaturated/α-hetero) is 1. The largest absolute Gasteiger partial charge is 0.393 e. The van der Waals surface area contributed by atoms with Crippen molar-refractivity contribution in [1.82, 2.24) is 5.32 Å². The zero-order valence-electron chi connectivity index (χ0n) is 20.0. The Labute approximate surface area is 187 Å². The molecule has 1 heterocycles. The van der Waals surface area contributed by atoms with Gasteiger partial charge in [-0.25, -0.2) is 0 Å². The van der Waals surface area contributed by atoms with Crippen molar-refractivity contribution in [1.29, 1.82) is 0 Å². The second kappa shape index (κ2) is 10.7. The van der Waals surface area contributed by atoms with Crippen molar-refractivity contribution in [2.45, 2.75) is 85.5 Å². The van der Waals surface area contributed by atoms with E-state index in [9.17, 15) is 14.7 Å². The Kier molecular flexibility index (Phi) is 8.84. The van der Waals surface area contributed by atoms with E-state index in [1.807, 2.05) is 13.8 Å². The van der Waals surface area contributed by atoms with Gasteiger partial charge in [0.05, 0.1) is 18.6 Å². The quantitative estimate of drug-likeness (QED) is 0.357. The number of aliphatic hydroxyl groups excluding tert-OH is 2. The van der Waals surface area contributed by atoms with Gasteiger partial charge in [-0.1, -0.05) is 56.2 Å². The van der Waals surface area contributed by atoms with Gasteiger partial charge in [0.15, 0.2) is 5.78 Å². The lowest BCUT2D eigenvalue weighted by Gasteiger charge is -2.54. The Hall–Kier alpha value is -1.72. The minimum Gasteiger partial charge on any atom is -0.393 e. The van der Waals surface area contributed by atoms with Crippen LogP contribution in [0.25, 0.3) is 0 Å². The van der Waals surface area contributed by atoms with Gasteiger partial charge in [-0.3, -0.25) is 9.59 Å². The number of amides is 1. The first-order valence-electron chi connectivity index (χ1n) is 11.7. The highest BCUT2D eigenvalue weighted by Gasteiger charge is 2.50. The third-order valence-corrected chi connectivity index (χ3v) is 7.59. The number of aliphatic hydroxyl groups is 2. The molecule has 1 saturated carbocycles. The maximum atomic E-state index is 10.8. The molecule has 5 nitrogen and oxygen atoms in total. The monoisotopic (exact) mass is 431 g/mol. The summed E-state index contributed by atoms with van der Waals surface area (Å²) < 4.78 is 0. The fraction of sp³-hybridized carbons (Fsp3) is 0.692. The molecule has 2 fully saturated rings. The average Bonchev–Trinajstić information content (AvgIpc) is 3.03. The van der Waals surface area contributed by atoms with Gasteiger partial charge in [0, 0.05) is 11.3 Å². The van der Waals surface area contributed by atoms with Crippen LogP contribution in [-0.4, -0.2) is 40.2 Å². The van der Waals surface area contributed by atoms with Gasteiger partial charge >= 0.3 is 0 Å². The molecule has 0 bridgehead atoms. The molecule has 0 spiro atoms. The molecule has 8 atom stereocenters. The van der Waals surface area contributed by atoms with E-state index in [1.54, 1.807) is 0 Å². The van der Waals surface area contributed by atoms with Gasteiger partial charge in [0.25, 0.3) is 0 Å². The maximum Gasteiger partial charge on any atom is 0.228 e. The van der Waals surface area contributed by atoms with Crippen LogP contribution in [0.15, 0.2) is 36.0 Å². The van der Waals surface area contributed by atoms with E-state index >= 15 is 0 Å². The Morgan fingerprint density at radius 2 is 1.87 bits per heavy atom. The van der Waals surface area contributed by atoms with Gasteiger partial charge in [-0.05, 0) is 58.3 Å². The molecule has 1 amide bonds. The van der Waals surface area contributed by atoms with Crippen molar-refractivity contribution < 1.29 is 19.8 Å². The zero-order valence-corrected chi connectivity index (χ0v) is 20.0. The number of fused-ring (bicyclic) bond motifs is 1. The van der Waals surface area contributed by atoms with Crippen molar-refractivity contribution in [3.63, 3.8) is 0 Å². The predicted octanol–water partition coefficient (Wildman–Crippen LogP) is 3.96. The second-order valence-electron chi connectivity index (χ2n) is 9.96. The predicted molar refractivity (Wildman–Crippen MR) is 124 cm³/mol. The maximum absolute atomic E-state index is 10.8. The lowest BCUT2D eigenvalue weighted by atomic mass is 9.52. The number of nitrogens with one attached hydrogen (secondary N) is 1. The highest BCUT2D eigenvalue weighted by atomic mass is 16.3. The van der Waals surface area contributed by atoms with Crippen molar-refractivity contribution in [3.8, 4) is 0 Å². The number of allylic oxidation sites excluding steroid dienone is 6. The van der Waals surface area contributed by atoms with Crippen LogP contribution >= 0.6 is 0 Å². The Morgan fingerprint density at radius 3 is 2.35 bits per heavy atom. The number of carbonyl (C=O) groups is 2. The highest BCUT2D eigenvalue weighted by Crippen LogP contribution is 2.55. The first-order chi connectivity index (χ1) is 14.5. The molecular formula is C26H41NO4. The Balaban J connectivity index is 0.000000285. The Bertz CT molecular complexity index is 736. The lowest BCUT2D eigenvalue weighted by Crippen LogP contribution is -2.50. The summed E-state index contributed by atoms with van der Waals surface area (Å²) in [4.78, 5) is 21.3. The average molecular weight is 432 g/mol. The summed E-state index contributed by atoms with van der Waals surface area (Å²) in [7, 11) is 0. The van der Waals surface area contributed by atoms with Crippen LogP contribution in [0, 0.1) is 29.1 Å². The molecule has 3 N–H and O–H groups in total. The van der Waals surface area contributed by atoms with E-state index in [0.717, 1.165) is 5.92 Å². The fourth-order valence-corrected chi connectivity index (χ4v) is 5.72. The van der Waals surface area contributed by atoms with E-state index < -0.39 is 12.1 Å². The smallest absolute Gasteiger partial charge is 0.228 e. The van der Waals surface area contributed by atoms with E-state index in [-0.39, 0.29) is 29.6 Å². The third-order valence-electron chi connectivity index (χ3n) is 7.59. The molecule has 0 aromatic rings. The van der Waals surface area contributed by atoms with Gasteiger partial charge in [0.1, 0.15) is 6.04 Å². The molecular weight excluding hydrogens is 390 g/mol. The summed E-state index contributed by atoms with van der Waals surface area (Å²) in [5.74, 6) is 1.92. The summed E-state index contributed by atoms with van der Waals surface area (Å²) in [6, 6.07) is -0.674. The van der Waals surface area contributed by atoms with Crippen molar-refractivity contribution in [2.24, 2.45) is 29.1 Å². The first-order valence-corrected chi connectivity index (χ1v) is 11.7. The summed E-state index contributed by atoms with van der Waals surface area (Å²) >= 11 is 0. The van der Waals surface area contributed by atoms with Crippen LogP contribution < -0.4 is 5.32 Å². The minimum absolute atomic E-state index is 0.0400. The van der Waals surface area contributed by atoms with Crippen LogP contribution in [0.1, 0.15) is 67.2 Å². The van der Waals surface area contributed by atoms with Crippen LogP contribution in [0.5, 0.6) is 0 Å². The number of hydrogen-bond donors (Lipinski definition) is 3. The van der Waals surface area contributed by atoms with Crippen LogP contribution in [0.4, 0.5) is 0 Å². The molecule has 8 unspecified atom stereocenters. The summed E-state index contributed by atoms with van der Waals surface area (Å²) in [6.45, 7) is 12.4. The molecule has 3 rings (SSSR count). The summed E-state index contributed by atoms with van der Waals surface area (Å²) in [5, 5.41) is 21.9. The van der Waals surface area contributed by atoms with Crippen LogP contribution in [0.2, 0.25) is 0 Å². The molecule has 174 valence electrons. The fourth-order valence-electron chi connectivity index (χ4n) is 5.72. The molecule has 1 aliphatic heterocycles. The number of rotatable bonds is 4. The van der Waals surface area contributed by atoms with Gasteiger partial charge in [0.2, 0.25) is 5.91 Å². The highest BCUT2D eigenvalue weighted by molar-refractivity contribution is 6.07. The second-order valence-corrected chi connectivity index (χ2v) is 9.96. The standard InChI is InChI=1S/C20H32O.C6H9NO3/c1-6-7-8-9-18-15(3)13-17-12-14(2)10-11-19(17)20(18,5)16(4)21;1-3(8)6-4(9)2-5(10)7-6/h6-9,13-14,16-19,21H,10-12H2,1-5H3;3,6,8H,2H2,1H3,(H,7,10)/b7-6+,9-8+;. The van der Waals surface area contributed by atoms with Crippen molar-refractivity contribution in [2.75, 3.05) is 0 Å². The SMILES string of the molecule is C/C=C/C=C/C1C(C)=CC2CC(C)CCC2C1(C)C(C)O.CC(O)C1NC(=O)CC1=O. The molecule has 0 aromatic heterocycles. The molecule has 0 radical (unpaired) electrons. The molecule has 3 aliphatic rings. The van der Waals surface area contributed by atoms with E-state index in [4.69, 9.17) is 5.11 Å². The first kappa shape index (κ1) is 25.5. The van der Waals surface area contributed by atoms with E-state index in [1.165, 1.54) is 31.8 Å². The Morgan fingerprint density at radius 1 is 1.19 bits per heavy atom. The number of ketones is 1. The molecule has 5 heteroatoms. The van der Waals surface area contributed by atoms with Crippen molar-refractivity contribution in [3.05, 3.63) is 36.0 Å². The molecule has 31 heavy (non-hydrogen) atoms. The normalized spacial score (nSPS) is 37.7. The van der Waals surface area contributed by atoms with Crippen LogP contribution in [0.3, 0.4) is 0 Å². The minimum atomic E-state index is -0.779. The van der Waals surface area contributed by atoms with E-state index in [0.29, 0.717) is 17.8 Å². The van der Waals surface area contributed by atoms with E-state index in [2.05, 4.69) is 56.5 Å². The molecule has 1 saturated heterocycles. The summed E-state index contributed by atoms with van der Waals surface area (Å²) in [6.07, 6.45) is 13.8. The van der Waals surface area contributed by atoms with Crippen LogP contribution in [-0.2, 0) is 9.59 Å². The zero-order chi connectivity index (χ0) is 23.3. The van der Waals surface area contributed by atoms with Gasteiger partial charge in [-0.15, -0.1) is 0 Å². The third kappa shape index (κ3) is 5.75. The van der Waals surface area contributed by atoms with Gasteiger partial charge < -0.3 is 15.5 Å². The molecule has 2 aliphatic carbocycles. The number of carbonyl (C=O) groups excluding carboxylic acids is 2. The van der Waals surface area contributed by atoms with Gasteiger partial charge in [-0.2, -0.15) is 0 Å². The number of hydrogen-bond acceptors (Lipinski definition) is 4. The summed E-state index contributed by atoms with van der Waals surface area (Å²) in [5.41, 5.74) is 1.40.